The lowest BCUT2D eigenvalue weighted by Crippen LogP contribution is -1.93. The van der Waals surface area contributed by atoms with Gasteiger partial charge in [-0.15, -0.1) is 0 Å². The third-order valence-corrected chi connectivity index (χ3v) is 3.04. The summed E-state index contributed by atoms with van der Waals surface area (Å²) in [5.41, 5.74) is 0.738. The third-order valence-electron chi connectivity index (χ3n) is 3.04. The number of hydrogen-bond donors (Lipinski definition) is 0. The van der Waals surface area contributed by atoms with E-state index >= 15 is 0 Å². The SMILES string of the molecule is C=[C]C1CC12CCCC2. The molecule has 0 amide bonds. The van der Waals surface area contributed by atoms with Gasteiger partial charge in [-0.05, 0) is 36.7 Å². The van der Waals surface area contributed by atoms with Gasteiger partial charge in [0.15, 0.2) is 0 Å². The molecule has 1 radical (unpaired) electrons. The molecule has 0 aromatic carbocycles. The van der Waals surface area contributed by atoms with Gasteiger partial charge in [0.05, 0.1) is 0 Å². The summed E-state index contributed by atoms with van der Waals surface area (Å²) in [5, 5.41) is 0. The van der Waals surface area contributed by atoms with Crippen molar-refractivity contribution < 1.29 is 0 Å². The highest BCUT2D eigenvalue weighted by molar-refractivity contribution is 5.08. The molecule has 0 nitrogen and oxygen atoms in total. The van der Waals surface area contributed by atoms with E-state index in [1.54, 1.807) is 0 Å². The van der Waals surface area contributed by atoms with Crippen LogP contribution in [0.4, 0.5) is 0 Å². The lowest BCUT2D eigenvalue weighted by atomic mass is 10.0. The Labute approximate surface area is 57.0 Å². The standard InChI is InChI=1S/C9H13/c1-2-8-7-9(8)5-3-4-6-9/h8H,1,3-7H2. The molecule has 49 valence electrons. The van der Waals surface area contributed by atoms with Crippen molar-refractivity contribution in [3.8, 4) is 0 Å². The van der Waals surface area contributed by atoms with E-state index in [-0.39, 0.29) is 0 Å². The first-order valence-electron chi connectivity index (χ1n) is 3.90. The van der Waals surface area contributed by atoms with Gasteiger partial charge in [-0.25, -0.2) is 0 Å². The zero-order valence-electron chi connectivity index (χ0n) is 5.82. The Bertz CT molecular complexity index is 129. The van der Waals surface area contributed by atoms with Crippen molar-refractivity contribution in [2.24, 2.45) is 11.3 Å². The Balaban J connectivity index is 2.04. The first-order valence-corrected chi connectivity index (χ1v) is 3.90. The highest BCUT2D eigenvalue weighted by Gasteiger charge is 2.53. The third kappa shape index (κ3) is 0.654. The largest absolute Gasteiger partial charge is 0.0953 e. The van der Waals surface area contributed by atoms with Crippen LogP contribution in [0.1, 0.15) is 32.1 Å². The maximum Gasteiger partial charge on any atom is -0.0103 e. The maximum absolute atomic E-state index is 3.72. The van der Waals surface area contributed by atoms with Crippen LogP contribution in [0.3, 0.4) is 0 Å². The summed E-state index contributed by atoms with van der Waals surface area (Å²) in [6.45, 7) is 3.72. The van der Waals surface area contributed by atoms with Crippen LogP contribution in [0.5, 0.6) is 0 Å². The van der Waals surface area contributed by atoms with Crippen LogP contribution in [-0.4, -0.2) is 0 Å². The van der Waals surface area contributed by atoms with Crippen LogP contribution < -0.4 is 0 Å². The topological polar surface area (TPSA) is 0 Å². The van der Waals surface area contributed by atoms with Gasteiger partial charge in [-0.3, -0.25) is 0 Å². The normalized spacial score (nSPS) is 37.1. The first-order chi connectivity index (χ1) is 4.37. The molecule has 1 atom stereocenters. The van der Waals surface area contributed by atoms with Crippen LogP contribution >= 0.6 is 0 Å². The smallest absolute Gasteiger partial charge is 0.0103 e. The highest BCUT2D eigenvalue weighted by Crippen LogP contribution is 2.62. The summed E-state index contributed by atoms with van der Waals surface area (Å²) < 4.78 is 0. The minimum atomic E-state index is 0.738. The second-order valence-corrected chi connectivity index (χ2v) is 3.53. The molecule has 0 aromatic rings. The molecule has 2 aliphatic rings. The molecule has 0 heteroatoms. The zero-order valence-corrected chi connectivity index (χ0v) is 5.82. The average molecular weight is 121 g/mol. The van der Waals surface area contributed by atoms with Crippen LogP contribution in [0, 0.1) is 17.4 Å². The molecule has 0 bridgehead atoms. The molecular formula is C9H13. The van der Waals surface area contributed by atoms with E-state index in [1.165, 1.54) is 32.1 Å². The van der Waals surface area contributed by atoms with E-state index in [9.17, 15) is 0 Å². The summed E-state index contributed by atoms with van der Waals surface area (Å²) in [5.74, 6) is 0.778. The van der Waals surface area contributed by atoms with Crippen molar-refractivity contribution in [1.29, 1.82) is 0 Å². The zero-order chi connectivity index (χ0) is 6.32. The molecular weight excluding hydrogens is 108 g/mol. The van der Waals surface area contributed by atoms with E-state index in [4.69, 9.17) is 0 Å². The predicted molar refractivity (Wildman–Crippen MR) is 37.9 cm³/mol. The van der Waals surface area contributed by atoms with Gasteiger partial charge < -0.3 is 0 Å². The van der Waals surface area contributed by atoms with Gasteiger partial charge in [0, 0.05) is 0 Å². The van der Waals surface area contributed by atoms with Crippen molar-refractivity contribution in [1.82, 2.24) is 0 Å². The molecule has 9 heavy (non-hydrogen) atoms. The van der Waals surface area contributed by atoms with Crippen molar-refractivity contribution in [3.05, 3.63) is 12.7 Å². The van der Waals surface area contributed by atoms with Crippen molar-refractivity contribution in [2.45, 2.75) is 32.1 Å². The minimum absolute atomic E-state index is 0.738. The molecule has 2 rings (SSSR count). The molecule has 1 unspecified atom stereocenters. The first kappa shape index (κ1) is 5.52. The molecule has 0 aliphatic heterocycles. The minimum Gasteiger partial charge on any atom is -0.0953 e. The Morgan fingerprint density at radius 1 is 1.33 bits per heavy atom. The van der Waals surface area contributed by atoms with Gasteiger partial charge in [0.1, 0.15) is 0 Å². The molecule has 2 aliphatic carbocycles. The van der Waals surface area contributed by atoms with Crippen LogP contribution in [0.15, 0.2) is 6.58 Å². The Kier molecular flexibility index (Phi) is 0.992. The van der Waals surface area contributed by atoms with E-state index in [1.807, 2.05) is 0 Å². The van der Waals surface area contributed by atoms with Gasteiger partial charge in [0.25, 0.3) is 0 Å². The second-order valence-electron chi connectivity index (χ2n) is 3.53. The highest BCUT2D eigenvalue weighted by atomic mass is 14.6. The quantitative estimate of drug-likeness (QED) is 0.500. The fourth-order valence-corrected chi connectivity index (χ4v) is 2.27. The Hall–Kier alpha value is -0.260. The summed E-state index contributed by atoms with van der Waals surface area (Å²) in [6.07, 6.45) is 10.4. The van der Waals surface area contributed by atoms with Crippen molar-refractivity contribution >= 4 is 0 Å². The molecule has 0 aromatic heterocycles. The number of allylic oxidation sites excluding steroid dienone is 1. The van der Waals surface area contributed by atoms with E-state index in [0.717, 1.165) is 11.3 Å². The van der Waals surface area contributed by atoms with E-state index < -0.39 is 0 Å². The molecule has 0 N–H and O–H groups in total. The van der Waals surface area contributed by atoms with E-state index in [0.29, 0.717) is 0 Å². The van der Waals surface area contributed by atoms with Gasteiger partial charge in [-0.1, -0.05) is 19.4 Å². The molecule has 2 saturated carbocycles. The monoisotopic (exact) mass is 121 g/mol. The Morgan fingerprint density at radius 3 is 2.44 bits per heavy atom. The predicted octanol–water partition coefficient (Wildman–Crippen LogP) is 2.56. The van der Waals surface area contributed by atoms with Gasteiger partial charge in [-0.2, -0.15) is 0 Å². The lowest BCUT2D eigenvalue weighted by molar-refractivity contribution is 0.499. The molecule has 1 spiro atoms. The average Bonchev–Trinajstić information content (AvgIpc) is 2.30. The van der Waals surface area contributed by atoms with Crippen molar-refractivity contribution in [3.63, 3.8) is 0 Å². The van der Waals surface area contributed by atoms with Crippen molar-refractivity contribution in [2.75, 3.05) is 0 Å². The maximum atomic E-state index is 3.72. The second kappa shape index (κ2) is 1.62. The molecule has 0 saturated heterocycles. The number of rotatable bonds is 1. The van der Waals surface area contributed by atoms with Gasteiger partial charge >= 0.3 is 0 Å². The fraction of sp³-hybridized carbons (Fsp3) is 0.778. The van der Waals surface area contributed by atoms with Gasteiger partial charge in [0.2, 0.25) is 0 Å². The van der Waals surface area contributed by atoms with Crippen LogP contribution in [-0.2, 0) is 0 Å². The van der Waals surface area contributed by atoms with E-state index in [2.05, 4.69) is 12.7 Å². The molecule has 2 fully saturated rings. The lowest BCUT2D eigenvalue weighted by Gasteiger charge is -2.02. The number of hydrogen-bond acceptors (Lipinski definition) is 0. The van der Waals surface area contributed by atoms with Crippen LogP contribution in [0.25, 0.3) is 0 Å². The summed E-state index contributed by atoms with van der Waals surface area (Å²) in [4.78, 5) is 0. The van der Waals surface area contributed by atoms with Crippen LogP contribution in [0.2, 0.25) is 0 Å². The summed E-state index contributed by atoms with van der Waals surface area (Å²) in [7, 11) is 0. The molecule has 0 heterocycles. The summed E-state index contributed by atoms with van der Waals surface area (Å²) in [6, 6.07) is 0. The fourth-order valence-electron chi connectivity index (χ4n) is 2.27. The Morgan fingerprint density at radius 2 is 2.00 bits per heavy atom. The summed E-state index contributed by atoms with van der Waals surface area (Å²) >= 11 is 0.